The molecule has 0 aromatic heterocycles. The van der Waals surface area contributed by atoms with Crippen molar-refractivity contribution in [2.24, 2.45) is 5.41 Å². The molecule has 0 aliphatic heterocycles. The van der Waals surface area contributed by atoms with E-state index in [1.807, 2.05) is 20.8 Å². The third kappa shape index (κ3) is 4.24. The summed E-state index contributed by atoms with van der Waals surface area (Å²) in [4.78, 5) is 22.8. The van der Waals surface area contributed by atoms with Crippen molar-refractivity contribution in [3.05, 3.63) is 33.8 Å². The van der Waals surface area contributed by atoms with Crippen LogP contribution in [-0.2, 0) is 5.54 Å². The molecule has 0 fully saturated rings. The molecule has 24 heavy (non-hydrogen) atoms. The highest BCUT2D eigenvalue weighted by Gasteiger charge is 2.48. The Morgan fingerprint density at radius 2 is 1.75 bits per heavy atom. The highest BCUT2D eigenvalue weighted by molar-refractivity contribution is 6.42. The summed E-state index contributed by atoms with van der Waals surface area (Å²) in [6.07, 6.45) is -2.27. The number of benzene rings is 1. The molecule has 8 heteroatoms. The number of rotatable bonds is 5. The zero-order valence-electron chi connectivity index (χ0n) is 14.0. The van der Waals surface area contributed by atoms with Gasteiger partial charge in [0, 0.05) is 0 Å². The van der Waals surface area contributed by atoms with E-state index in [1.165, 1.54) is 0 Å². The normalized spacial score (nSPS) is 15.2. The lowest BCUT2D eigenvalue weighted by Gasteiger charge is -2.47. The van der Waals surface area contributed by atoms with Crippen molar-refractivity contribution in [3.63, 3.8) is 0 Å². The lowest BCUT2D eigenvalue weighted by Crippen LogP contribution is -2.64. The van der Waals surface area contributed by atoms with Crippen LogP contribution in [0.5, 0.6) is 0 Å². The molecule has 0 aliphatic rings. The molecule has 2 unspecified atom stereocenters. The monoisotopic (exact) mass is 376 g/mol. The maximum atomic E-state index is 11.5. The number of hydrogen-bond donors (Lipinski definition) is 4. The highest BCUT2D eigenvalue weighted by atomic mass is 35.5. The lowest BCUT2D eigenvalue weighted by molar-refractivity contribution is 0.104. The second-order valence-corrected chi connectivity index (χ2v) is 7.39. The Labute approximate surface area is 151 Å². The van der Waals surface area contributed by atoms with E-state index < -0.39 is 29.2 Å². The fourth-order valence-corrected chi connectivity index (χ4v) is 3.49. The van der Waals surface area contributed by atoms with Gasteiger partial charge in [0.15, 0.2) is 0 Å². The molecular weight excluding hydrogens is 355 g/mol. The smallest absolute Gasteiger partial charge is 0.405 e. The Hall–Kier alpha value is -1.66. The fourth-order valence-electron chi connectivity index (χ4n) is 3.02. The molecule has 0 heterocycles. The second-order valence-electron chi connectivity index (χ2n) is 6.60. The van der Waals surface area contributed by atoms with E-state index in [-0.39, 0.29) is 16.5 Å². The van der Waals surface area contributed by atoms with Gasteiger partial charge in [0.2, 0.25) is 0 Å². The molecule has 0 aliphatic carbocycles. The summed E-state index contributed by atoms with van der Waals surface area (Å²) in [6.45, 7) is 7.22. The van der Waals surface area contributed by atoms with Crippen molar-refractivity contribution < 1.29 is 19.8 Å². The fraction of sp³-hybridized carbons (Fsp3) is 0.500. The van der Waals surface area contributed by atoms with Gasteiger partial charge in [-0.3, -0.25) is 0 Å². The van der Waals surface area contributed by atoms with Gasteiger partial charge < -0.3 is 20.8 Å². The Morgan fingerprint density at radius 1 is 1.17 bits per heavy atom. The Bertz CT molecular complexity index is 631. The van der Waals surface area contributed by atoms with Crippen LogP contribution in [0.1, 0.15) is 39.7 Å². The van der Waals surface area contributed by atoms with Crippen LogP contribution < -0.4 is 10.6 Å². The van der Waals surface area contributed by atoms with Crippen LogP contribution in [0.25, 0.3) is 0 Å². The molecule has 1 rings (SSSR count). The van der Waals surface area contributed by atoms with Crippen LogP contribution in [0.3, 0.4) is 0 Å². The standard InChI is InChI=1S/C16H22Cl2N2O4/c1-5-16(20-14(23)24,9-7-6-8-10(17)11(9)18)12(15(2,3)4)19-13(21)22/h6-8,12,19-20H,5H2,1-4H3,(H,21,22)(H,23,24). The van der Waals surface area contributed by atoms with Crippen LogP contribution in [-0.4, -0.2) is 28.4 Å². The zero-order valence-corrected chi connectivity index (χ0v) is 15.5. The van der Waals surface area contributed by atoms with E-state index in [1.54, 1.807) is 25.1 Å². The minimum absolute atomic E-state index is 0.191. The van der Waals surface area contributed by atoms with Gasteiger partial charge in [0.1, 0.15) is 0 Å². The first-order valence-corrected chi connectivity index (χ1v) is 8.16. The number of hydrogen-bond acceptors (Lipinski definition) is 2. The van der Waals surface area contributed by atoms with Crippen LogP contribution in [0.4, 0.5) is 9.59 Å². The van der Waals surface area contributed by atoms with Gasteiger partial charge in [0.25, 0.3) is 0 Å². The molecule has 0 spiro atoms. The summed E-state index contributed by atoms with van der Waals surface area (Å²) in [7, 11) is 0. The van der Waals surface area contributed by atoms with Gasteiger partial charge in [0.05, 0.1) is 21.6 Å². The Kier molecular flexibility index (Phi) is 6.36. The highest BCUT2D eigenvalue weighted by Crippen LogP contribution is 2.42. The number of nitrogens with one attached hydrogen (secondary N) is 2. The molecule has 4 N–H and O–H groups in total. The first-order valence-electron chi connectivity index (χ1n) is 7.40. The summed E-state index contributed by atoms with van der Waals surface area (Å²) in [6, 6.07) is 4.10. The topological polar surface area (TPSA) is 98.7 Å². The van der Waals surface area contributed by atoms with E-state index in [9.17, 15) is 19.8 Å². The number of carboxylic acid groups (broad SMARTS) is 2. The molecule has 2 amide bonds. The van der Waals surface area contributed by atoms with Crippen LogP contribution >= 0.6 is 23.2 Å². The second kappa shape index (κ2) is 7.49. The van der Waals surface area contributed by atoms with Crippen molar-refractivity contribution in [2.45, 2.75) is 45.7 Å². The van der Waals surface area contributed by atoms with Crippen molar-refractivity contribution in [1.29, 1.82) is 0 Å². The predicted octanol–water partition coefficient (Wildman–Crippen LogP) is 4.55. The predicted molar refractivity (Wildman–Crippen MR) is 94.0 cm³/mol. The molecule has 0 radical (unpaired) electrons. The van der Waals surface area contributed by atoms with Crippen molar-refractivity contribution >= 4 is 35.4 Å². The summed E-state index contributed by atoms with van der Waals surface area (Å²) < 4.78 is 0. The summed E-state index contributed by atoms with van der Waals surface area (Å²) in [5, 5.41) is 24.0. The Morgan fingerprint density at radius 3 is 2.17 bits per heavy atom. The van der Waals surface area contributed by atoms with Crippen molar-refractivity contribution in [3.8, 4) is 0 Å². The lowest BCUT2D eigenvalue weighted by atomic mass is 9.69. The first kappa shape index (κ1) is 20.4. The van der Waals surface area contributed by atoms with E-state index in [4.69, 9.17) is 23.2 Å². The minimum Gasteiger partial charge on any atom is -0.465 e. The van der Waals surface area contributed by atoms with Gasteiger partial charge in [-0.15, -0.1) is 0 Å². The van der Waals surface area contributed by atoms with Gasteiger partial charge in [-0.25, -0.2) is 9.59 Å². The minimum atomic E-state index is -1.29. The van der Waals surface area contributed by atoms with Crippen molar-refractivity contribution in [1.82, 2.24) is 10.6 Å². The van der Waals surface area contributed by atoms with Gasteiger partial charge >= 0.3 is 12.2 Å². The molecule has 0 bridgehead atoms. The maximum Gasteiger partial charge on any atom is 0.405 e. The maximum absolute atomic E-state index is 11.5. The zero-order chi connectivity index (χ0) is 18.7. The first-order chi connectivity index (χ1) is 11.0. The van der Waals surface area contributed by atoms with Crippen molar-refractivity contribution in [2.75, 3.05) is 0 Å². The van der Waals surface area contributed by atoms with Gasteiger partial charge in [-0.1, -0.05) is 63.0 Å². The summed E-state index contributed by atoms with van der Waals surface area (Å²) >= 11 is 12.4. The van der Waals surface area contributed by atoms with Gasteiger partial charge in [-0.2, -0.15) is 0 Å². The molecule has 1 aromatic rings. The van der Waals surface area contributed by atoms with E-state index in [0.717, 1.165) is 0 Å². The third-order valence-corrected chi connectivity index (χ3v) is 4.77. The third-order valence-electron chi connectivity index (χ3n) is 3.95. The summed E-state index contributed by atoms with van der Waals surface area (Å²) in [5.74, 6) is 0. The van der Waals surface area contributed by atoms with E-state index >= 15 is 0 Å². The Balaban J connectivity index is 3.71. The number of carbonyl (C=O) groups is 2. The van der Waals surface area contributed by atoms with E-state index in [2.05, 4.69) is 10.6 Å². The molecule has 1 aromatic carbocycles. The SMILES string of the molecule is CCC(NC(=O)O)(c1cccc(Cl)c1Cl)C(NC(=O)O)C(C)(C)C. The molecule has 0 saturated heterocycles. The van der Waals surface area contributed by atoms with Crippen LogP contribution in [0.2, 0.25) is 10.0 Å². The van der Waals surface area contributed by atoms with Gasteiger partial charge in [-0.05, 0) is 23.5 Å². The van der Waals surface area contributed by atoms with E-state index in [0.29, 0.717) is 5.56 Å². The average molecular weight is 377 g/mol. The van der Waals surface area contributed by atoms with Crippen LogP contribution in [0, 0.1) is 5.41 Å². The quantitative estimate of drug-likeness (QED) is 0.605. The molecule has 134 valence electrons. The average Bonchev–Trinajstić information content (AvgIpc) is 2.44. The molecule has 6 nitrogen and oxygen atoms in total. The number of halogens is 2. The van der Waals surface area contributed by atoms with Crippen LogP contribution in [0.15, 0.2) is 18.2 Å². The molecule has 2 atom stereocenters. The molecule has 0 saturated carbocycles. The largest absolute Gasteiger partial charge is 0.465 e. The summed E-state index contributed by atoms with van der Waals surface area (Å²) in [5.41, 5.74) is -1.47. The molecular formula is C16H22Cl2N2O4. The number of amides is 2.